The molecule has 34 heavy (non-hydrogen) atoms. The minimum atomic E-state index is -0.217. The summed E-state index contributed by atoms with van der Waals surface area (Å²) in [5, 5.41) is 21.3. The molecule has 1 aliphatic carbocycles. The van der Waals surface area contributed by atoms with E-state index in [4.69, 9.17) is 5.11 Å². The number of nitrogens with zero attached hydrogens (tertiary/aromatic N) is 2. The molecule has 3 aromatic rings. The minimum Gasteiger partial charge on any atom is -0.388 e. The van der Waals surface area contributed by atoms with Gasteiger partial charge in [-0.15, -0.1) is 0 Å². The SMILES string of the molecule is O=C(NC1CC2(CCN(C(=O)c3cccc(C#CCO)c3)C2)C1)c1cccc2[nH]c(CO)nc12. The Morgan fingerprint density at radius 3 is 2.82 bits per heavy atom. The zero-order chi connectivity index (χ0) is 23.7. The first-order chi connectivity index (χ1) is 16.5. The summed E-state index contributed by atoms with van der Waals surface area (Å²) < 4.78 is 0. The third-order valence-corrected chi connectivity index (χ3v) is 6.80. The van der Waals surface area contributed by atoms with Crippen molar-refractivity contribution in [3.05, 3.63) is 65.0 Å². The van der Waals surface area contributed by atoms with Crippen molar-refractivity contribution < 1.29 is 19.8 Å². The van der Waals surface area contributed by atoms with Crippen LogP contribution in [0.15, 0.2) is 42.5 Å². The average molecular weight is 459 g/mol. The van der Waals surface area contributed by atoms with Gasteiger partial charge >= 0.3 is 0 Å². The van der Waals surface area contributed by atoms with Crippen LogP contribution in [-0.4, -0.2) is 62.6 Å². The number of aliphatic hydroxyl groups is 2. The fraction of sp³-hybridized carbons (Fsp3) is 0.346. The molecule has 1 aromatic heterocycles. The second kappa shape index (κ2) is 8.93. The van der Waals surface area contributed by atoms with Gasteiger partial charge in [0.1, 0.15) is 24.6 Å². The second-order valence-corrected chi connectivity index (χ2v) is 9.14. The van der Waals surface area contributed by atoms with Gasteiger partial charge in [0.05, 0.1) is 11.1 Å². The standard InChI is InChI=1S/C26H26N4O4/c31-11-3-5-17-4-1-6-18(12-17)25(34)30-10-9-26(16-30)13-19(14-26)27-24(33)20-7-2-8-21-23(20)29-22(15-32)28-21/h1-2,4,6-8,12,19,31-32H,9-11,13-16H2,(H,27,33)(H,28,29). The van der Waals surface area contributed by atoms with E-state index in [0.717, 1.165) is 24.8 Å². The highest BCUT2D eigenvalue weighted by Gasteiger charge is 2.50. The van der Waals surface area contributed by atoms with E-state index in [1.807, 2.05) is 17.0 Å². The maximum atomic E-state index is 13.0. The highest BCUT2D eigenvalue weighted by Crippen LogP contribution is 2.48. The molecule has 0 unspecified atom stereocenters. The lowest BCUT2D eigenvalue weighted by Gasteiger charge is -2.45. The lowest BCUT2D eigenvalue weighted by atomic mass is 9.65. The fourth-order valence-electron chi connectivity index (χ4n) is 5.19. The minimum absolute atomic E-state index is 0.0121. The Balaban J connectivity index is 1.20. The molecule has 2 amide bonds. The first kappa shape index (κ1) is 22.1. The van der Waals surface area contributed by atoms with Crippen LogP contribution in [0, 0.1) is 17.3 Å². The van der Waals surface area contributed by atoms with E-state index in [1.165, 1.54) is 0 Å². The number of para-hydroxylation sites is 1. The Morgan fingerprint density at radius 2 is 2.03 bits per heavy atom. The number of fused-ring (bicyclic) bond motifs is 1. The fourth-order valence-corrected chi connectivity index (χ4v) is 5.19. The first-order valence-corrected chi connectivity index (χ1v) is 11.4. The molecule has 8 heteroatoms. The van der Waals surface area contributed by atoms with Crippen LogP contribution in [0.2, 0.25) is 0 Å². The van der Waals surface area contributed by atoms with Gasteiger partial charge in [0.15, 0.2) is 0 Å². The molecule has 0 radical (unpaired) electrons. The Hall–Kier alpha value is -3.67. The van der Waals surface area contributed by atoms with Crippen molar-refractivity contribution in [3.8, 4) is 11.8 Å². The molecular weight excluding hydrogens is 432 g/mol. The number of carbonyl (C=O) groups is 2. The summed E-state index contributed by atoms with van der Waals surface area (Å²) in [6.07, 6.45) is 2.59. The van der Waals surface area contributed by atoms with Crippen molar-refractivity contribution in [2.75, 3.05) is 19.7 Å². The average Bonchev–Trinajstić information content (AvgIpc) is 3.46. The number of aliphatic hydroxyl groups excluding tert-OH is 2. The normalized spacial score (nSPS) is 21.2. The number of hydrogen-bond donors (Lipinski definition) is 4. The summed E-state index contributed by atoms with van der Waals surface area (Å²) in [6.45, 7) is 0.948. The van der Waals surface area contributed by atoms with E-state index < -0.39 is 0 Å². The molecule has 8 nitrogen and oxygen atoms in total. The number of aromatic nitrogens is 2. The van der Waals surface area contributed by atoms with Crippen LogP contribution in [0.5, 0.6) is 0 Å². The van der Waals surface area contributed by atoms with Gasteiger partial charge < -0.3 is 25.4 Å². The number of likely N-dealkylation sites (tertiary alicyclic amines) is 1. The number of amides is 2. The van der Waals surface area contributed by atoms with Crippen molar-refractivity contribution in [3.63, 3.8) is 0 Å². The first-order valence-electron chi connectivity index (χ1n) is 11.4. The number of rotatable bonds is 4. The summed E-state index contributed by atoms with van der Waals surface area (Å²) in [7, 11) is 0. The van der Waals surface area contributed by atoms with Crippen LogP contribution >= 0.6 is 0 Å². The van der Waals surface area contributed by atoms with E-state index in [2.05, 4.69) is 27.1 Å². The topological polar surface area (TPSA) is 119 Å². The highest BCUT2D eigenvalue weighted by molar-refractivity contribution is 6.05. The van der Waals surface area contributed by atoms with Crippen LogP contribution in [0.4, 0.5) is 0 Å². The lowest BCUT2D eigenvalue weighted by molar-refractivity contribution is 0.0610. The van der Waals surface area contributed by atoms with Crippen molar-refractivity contribution in [2.45, 2.75) is 31.9 Å². The summed E-state index contributed by atoms with van der Waals surface area (Å²) in [4.78, 5) is 35.2. The molecule has 2 heterocycles. The third-order valence-electron chi connectivity index (χ3n) is 6.80. The molecule has 2 aromatic carbocycles. The van der Waals surface area contributed by atoms with Crippen LogP contribution in [0.25, 0.3) is 11.0 Å². The molecule has 2 aliphatic rings. The summed E-state index contributed by atoms with van der Waals surface area (Å²) in [5.74, 6) is 5.69. The molecule has 2 fully saturated rings. The molecule has 4 N–H and O–H groups in total. The van der Waals surface area contributed by atoms with Crippen molar-refractivity contribution in [1.29, 1.82) is 0 Å². The summed E-state index contributed by atoms with van der Waals surface area (Å²) >= 11 is 0. The molecular formula is C26H26N4O4. The molecule has 0 atom stereocenters. The number of imidazole rings is 1. The number of aromatic amines is 1. The Labute approximate surface area is 197 Å². The van der Waals surface area contributed by atoms with E-state index in [0.29, 0.717) is 41.1 Å². The predicted octanol–water partition coefficient (Wildman–Crippen LogP) is 1.82. The number of benzene rings is 2. The van der Waals surface area contributed by atoms with Crippen LogP contribution < -0.4 is 5.32 Å². The van der Waals surface area contributed by atoms with Gasteiger partial charge in [-0.25, -0.2) is 4.98 Å². The van der Waals surface area contributed by atoms with Crippen LogP contribution in [0.1, 0.15) is 51.4 Å². The zero-order valence-electron chi connectivity index (χ0n) is 18.7. The van der Waals surface area contributed by atoms with E-state index in [-0.39, 0.29) is 36.5 Å². The van der Waals surface area contributed by atoms with Crippen molar-refractivity contribution >= 4 is 22.8 Å². The maximum Gasteiger partial charge on any atom is 0.253 e. The van der Waals surface area contributed by atoms with Gasteiger partial charge in [0.2, 0.25) is 0 Å². The molecule has 174 valence electrons. The van der Waals surface area contributed by atoms with Gasteiger partial charge in [-0.1, -0.05) is 24.0 Å². The van der Waals surface area contributed by atoms with Crippen molar-refractivity contribution in [1.82, 2.24) is 20.2 Å². The van der Waals surface area contributed by atoms with E-state index in [1.54, 1.807) is 30.3 Å². The quantitative estimate of drug-likeness (QED) is 0.445. The number of hydrogen-bond acceptors (Lipinski definition) is 5. The summed E-state index contributed by atoms with van der Waals surface area (Å²) in [5.41, 5.74) is 3.12. The van der Waals surface area contributed by atoms with E-state index >= 15 is 0 Å². The molecule has 1 spiro atoms. The molecule has 5 rings (SSSR count). The maximum absolute atomic E-state index is 13.0. The molecule has 1 saturated carbocycles. The monoisotopic (exact) mass is 458 g/mol. The van der Waals surface area contributed by atoms with E-state index in [9.17, 15) is 14.7 Å². The van der Waals surface area contributed by atoms with Gasteiger partial charge in [0, 0.05) is 30.3 Å². The Bertz CT molecular complexity index is 1310. The number of carbonyl (C=O) groups excluding carboxylic acids is 2. The van der Waals surface area contributed by atoms with Gasteiger partial charge in [-0.05, 0) is 55.0 Å². The van der Waals surface area contributed by atoms with Gasteiger partial charge in [-0.2, -0.15) is 0 Å². The number of H-pyrrole nitrogens is 1. The van der Waals surface area contributed by atoms with Gasteiger partial charge in [0.25, 0.3) is 11.8 Å². The predicted molar refractivity (Wildman–Crippen MR) is 126 cm³/mol. The molecule has 1 aliphatic heterocycles. The number of nitrogens with one attached hydrogen (secondary N) is 2. The van der Waals surface area contributed by atoms with Crippen molar-refractivity contribution in [2.24, 2.45) is 5.41 Å². The Kier molecular flexibility index (Phi) is 5.82. The van der Waals surface area contributed by atoms with Gasteiger partial charge in [-0.3, -0.25) is 9.59 Å². The highest BCUT2D eigenvalue weighted by atomic mass is 16.3. The smallest absolute Gasteiger partial charge is 0.253 e. The summed E-state index contributed by atoms with van der Waals surface area (Å²) in [6, 6.07) is 12.6. The largest absolute Gasteiger partial charge is 0.388 e. The third kappa shape index (κ3) is 4.16. The zero-order valence-corrected chi connectivity index (χ0v) is 18.7. The van der Waals surface area contributed by atoms with Crippen LogP contribution in [0.3, 0.4) is 0 Å². The molecule has 1 saturated heterocycles. The molecule has 0 bridgehead atoms. The second-order valence-electron chi connectivity index (χ2n) is 9.14. The lowest BCUT2D eigenvalue weighted by Crippen LogP contribution is -2.52. The van der Waals surface area contributed by atoms with Crippen LogP contribution in [-0.2, 0) is 6.61 Å². The Morgan fingerprint density at radius 1 is 1.21 bits per heavy atom.